The predicted molar refractivity (Wildman–Crippen MR) is 83.2 cm³/mol. The summed E-state index contributed by atoms with van der Waals surface area (Å²) < 4.78 is 16.6. The standard InChI is InChI=1S/C16H26N2O3/c1-16(2,3)18-9-10-7-12(19-4)14(20-5)15(21-6)13(10)11(18)8-17/h7,11H,8-9,17H2,1-6H3. The van der Waals surface area contributed by atoms with E-state index in [0.29, 0.717) is 18.0 Å². The first-order chi connectivity index (χ1) is 9.88. The molecular formula is C16H26N2O3. The lowest BCUT2D eigenvalue weighted by molar-refractivity contribution is 0.0939. The molecule has 0 aliphatic carbocycles. The molecule has 0 saturated carbocycles. The first-order valence-corrected chi connectivity index (χ1v) is 7.17. The van der Waals surface area contributed by atoms with E-state index >= 15 is 0 Å². The van der Waals surface area contributed by atoms with Gasteiger partial charge in [-0.1, -0.05) is 0 Å². The number of benzene rings is 1. The monoisotopic (exact) mass is 294 g/mol. The van der Waals surface area contributed by atoms with Gasteiger partial charge < -0.3 is 19.9 Å². The molecule has 118 valence electrons. The Morgan fingerprint density at radius 2 is 1.76 bits per heavy atom. The molecule has 1 aromatic rings. The third-order valence-corrected chi connectivity index (χ3v) is 4.09. The summed E-state index contributed by atoms with van der Waals surface area (Å²) in [5.41, 5.74) is 8.38. The van der Waals surface area contributed by atoms with Crippen LogP contribution in [-0.4, -0.2) is 38.3 Å². The Hall–Kier alpha value is -1.46. The van der Waals surface area contributed by atoms with Crippen molar-refractivity contribution in [3.63, 3.8) is 0 Å². The highest BCUT2D eigenvalue weighted by molar-refractivity contribution is 5.61. The van der Waals surface area contributed by atoms with E-state index in [9.17, 15) is 0 Å². The van der Waals surface area contributed by atoms with Crippen LogP contribution in [0.25, 0.3) is 0 Å². The zero-order valence-corrected chi connectivity index (χ0v) is 13.8. The van der Waals surface area contributed by atoms with E-state index in [-0.39, 0.29) is 11.6 Å². The number of hydrogen-bond acceptors (Lipinski definition) is 5. The number of nitrogens with two attached hydrogens (primary N) is 1. The smallest absolute Gasteiger partial charge is 0.203 e. The van der Waals surface area contributed by atoms with E-state index < -0.39 is 0 Å². The average Bonchev–Trinajstić information content (AvgIpc) is 2.83. The van der Waals surface area contributed by atoms with Gasteiger partial charge in [-0.3, -0.25) is 4.90 Å². The van der Waals surface area contributed by atoms with E-state index in [0.717, 1.165) is 17.9 Å². The predicted octanol–water partition coefficient (Wildman–Crippen LogP) is 2.33. The molecule has 2 rings (SSSR count). The third kappa shape index (κ3) is 2.56. The van der Waals surface area contributed by atoms with E-state index in [1.807, 2.05) is 6.07 Å². The van der Waals surface area contributed by atoms with Crippen molar-refractivity contribution in [2.45, 2.75) is 38.9 Å². The Morgan fingerprint density at radius 1 is 1.14 bits per heavy atom. The summed E-state index contributed by atoms with van der Waals surface area (Å²) in [6, 6.07) is 2.15. The third-order valence-electron chi connectivity index (χ3n) is 4.09. The van der Waals surface area contributed by atoms with Gasteiger partial charge in [0.1, 0.15) is 0 Å². The minimum absolute atomic E-state index is 0.0224. The molecule has 0 amide bonds. The Balaban J connectivity index is 2.63. The quantitative estimate of drug-likeness (QED) is 0.923. The maximum Gasteiger partial charge on any atom is 0.203 e. The first kappa shape index (κ1) is 15.9. The summed E-state index contributed by atoms with van der Waals surface area (Å²) in [5, 5.41) is 0. The number of rotatable bonds is 4. The molecule has 1 aliphatic rings. The number of ether oxygens (including phenoxy) is 3. The van der Waals surface area contributed by atoms with Crippen LogP contribution in [0.3, 0.4) is 0 Å². The van der Waals surface area contributed by atoms with Crippen molar-refractivity contribution in [3.8, 4) is 17.2 Å². The molecule has 1 heterocycles. The molecule has 21 heavy (non-hydrogen) atoms. The lowest BCUT2D eigenvalue weighted by Gasteiger charge is -2.36. The SMILES string of the molecule is COc1cc2c(c(OC)c1OC)C(CN)N(C(C)(C)C)C2. The molecule has 1 unspecified atom stereocenters. The van der Waals surface area contributed by atoms with Gasteiger partial charge in [0.15, 0.2) is 11.5 Å². The maximum absolute atomic E-state index is 6.05. The summed E-state index contributed by atoms with van der Waals surface area (Å²) >= 11 is 0. The summed E-state index contributed by atoms with van der Waals surface area (Å²) in [5.74, 6) is 2.06. The van der Waals surface area contributed by atoms with Gasteiger partial charge in [-0.25, -0.2) is 0 Å². The zero-order chi connectivity index (χ0) is 15.8. The highest BCUT2D eigenvalue weighted by atomic mass is 16.5. The van der Waals surface area contributed by atoms with Gasteiger partial charge in [0, 0.05) is 24.2 Å². The molecule has 1 atom stereocenters. The lowest BCUT2D eigenvalue weighted by Crippen LogP contribution is -2.42. The van der Waals surface area contributed by atoms with Crippen LogP contribution in [0.2, 0.25) is 0 Å². The molecule has 1 aromatic carbocycles. The largest absolute Gasteiger partial charge is 0.493 e. The van der Waals surface area contributed by atoms with Crippen LogP contribution in [0.5, 0.6) is 17.2 Å². The van der Waals surface area contributed by atoms with Gasteiger partial charge in [-0.2, -0.15) is 0 Å². The summed E-state index contributed by atoms with van der Waals surface area (Å²) in [6.07, 6.45) is 0. The molecule has 0 aromatic heterocycles. The lowest BCUT2D eigenvalue weighted by atomic mass is 10.00. The molecule has 5 heteroatoms. The summed E-state index contributed by atoms with van der Waals surface area (Å²) in [4.78, 5) is 2.39. The molecule has 0 radical (unpaired) electrons. The van der Waals surface area contributed by atoms with E-state index in [4.69, 9.17) is 19.9 Å². The number of nitrogens with zero attached hydrogens (tertiary/aromatic N) is 1. The number of fused-ring (bicyclic) bond motifs is 1. The molecular weight excluding hydrogens is 268 g/mol. The zero-order valence-electron chi connectivity index (χ0n) is 13.8. The summed E-state index contributed by atoms with van der Waals surface area (Å²) in [6.45, 7) is 7.96. The van der Waals surface area contributed by atoms with Crippen molar-refractivity contribution < 1.29 is 14.2 Å². The van der Waals surface area contributed by atoms with Crippen molar-refractivity contribution >= 4 is 0 Å². The molecule has 0 saturated heterocycles. The fraction of sp³-hybridized carbons (Fsp3) is 0.625. The van der Waals surface area contributed by atoms with Gasteiger partial charge in [0.2, 0.25) is 5.75 Å². The molecule has 0 spiro atoms. The van der Waals surface area contributed by atoms with Crippen molar-refractivity contribution in [2.75, 3.05) is 27.9 Å². The fourth-order valence-electron chi connectivity index (χ4n) is 3.12. The van der Waals surface area contributed by atoms with Crippen molar-refractivity contribution in [1.82, 2.24) is 4.90 Å². The van der Waals surface area contributed by atoms with E-state index in [2.05, 4.69) is 25.7 Å². The second-order valence-electron chi connectivity index (χ2n) is 6.27. The second-order valence-corrected chi connectivity index (χ2v) is 6.27. The Labute approximate surface area is 127 Å². The molecule has 1 aliphatic heterocycles. The van der Waals surface area contributed by atoms with E-state index in [1.54, 1.807) is 21.3 Å². The average molecular weight is 294 g/mol. The maximum atomic E-state index is 6.05. The topological polar surface area (TPSA) is 57.0 Å². The number of methoxy groups -OCH3 is 3. The van der Waals surface area contributed by atoms with Gasteiger partial charge in [0.05, 0.1) is 27.4 Å². The minimum Gasteiger partial charge on any atom is -0.493 e. The van der Waals surface area contributed by atoms with Crippen molar-refractivity contribution in [2.24, 2.45) is 5.73 Å². The highest BCUT2D eigenvalue weighted by Crippen LogP contribution is 2.50. The first-order valence-electron chi connectivity index (χ1n) is 7.17. The van der Waals surface area contributed by atoms with Crippen molar-refractivity contribution in [1.29, 1.82) is 0 Å². The van der Waals surface area contributed by atoms with Gasteiger partial charge in [-0.05, 0) is 32.4 Å². The summed E-state index contributed by atoms with van der Waals surface area (Å²) in [7, 11) is 4.92. The normalized spacial score (nSPS) is 18.5. The van der Waals surface area contributed by atoms with Crippen LogP contribution in [0, 0.1) is 0 Å². The van der Waals surface area contributed by atoms with E-state index in [1.165, 1.54) is 5.56 Å². The van der Waals surface area contributed by atoms with Gasteiger partial charge in [0.25, 0.3) is 0 Å². The van der Waals surface area contributed by atoms with Gasteiger partial charge in [-0.15, -0.1) is 0 Å². The Morgan fingerprint density at radius 3 is 2.19 bits per heavy atom. The molecule has 0 bridgehead atoms. The molecule has 0 fully saturated rings. The molecule has 5 nitrogen and oxygen atoms in total. The van der Waals surface area contributed by atoms with Crippen LogP contribution < -0.4 is 19.9 Å². The van der Waals surface area contributed by atoms with Gasteiger partial charge >= 0.3 is 0 Å². The fourth-order valence-corrected chi connectivity index (χ4v) is 3.12. The number of hydrogen-bond donors (Lipinski definition) is 1. The second kappa shape index (κ2) is 5.73. The highest BCUT2D eigenvalue weighted by Gasteiger charge is 2.40. The Bertz CT molecular complexity index is 523. The minimum atomic E-state index is 0.0224. The molecule has 2 N–H and O–H groups in total. The van der Waals surface area contributed by atoms with Crippen LogP contribution in [0.4, 0.5) is 0 Å². The van der Waals surface area contributed by atoms with Crippen LogP contribution >= 0.6 is 0 Å². The van der Waals surface area contributed by atoms with Crippen LogP contribution in [0.15, 0.2) is 6.07 Å². The van der Waals surface area contributed by atoms with Crippen LogP contribution in [0.1, 0.15) is 37.9 Å². The van der Waals surface area contributed by atoms with Crippen molar-refractivity contribution in [3.05, 3.63) is 17.2 Å². The van der Waals surface area contributed by atoms with Crippen LogP contribution in [-0.2, 0) is 6.54 Å². The Kier molecular flexibility index (Phi) is 4.35.